The number of hydrogen-bond donors (Lipinski definition) is 1. The molecule has 4 heteroatoms. The zero-order chi connectivity index (χ0) is 14.0. The number of likely N-dealkylation sites (tertiary alicyclic amines) is 1. The minimum Gasteiger partial charge on any atom is -0.392 e. The Bertz CT molecular complexity index is 307. The molecule has 116 valence electrons. The highest BCUT2D eigenvalue weighted by atomic mass is 16.5. The van der Waals surface area contributed by atoms with Crippen molar-refractivity contribution in [1.29, 1.82) is 0 Å². The minimum absolute atomic E-state index is 0.0555. The first-order valence-corrected chi connectivity index (χ1v) is 8.38. The maximum Gasteiger partial charge on any atom is 0.0702 e. The first kappa shape index (κ1) is 14.8. The maximum atomic E-state index is 10.2. The molecule has 0 bridgehead atoms. The van der Waals surface area contributed by atoms with Crippen LogP contribution >= 0.6 is 0 Å². The fourth-order valence-corrected chi connectivity index (χ4v) is 4.21. The van der Waals surface area contributed by atoms with Crippen LogP contribution in [0.25, 0.3) is 0 Å². The highest BCUT2D eigenvalue weighted by molar-refractivity contribution is 5.06. The lowest BCUT2D eigenvalue weighted by atomic mass is 9.58. The second kappa shape index (κ2) is 6.30. The number of aliphatic hydroxyl groups excluding tert-OH is 1. The highest BCUT2D eigenvalue weighted by Gasteiger charge is 2.55. The Morgan fingerprint density at radius 3 is 2.70 bits per heavy atom. The van der Waals surface area contributed by atoms with Gasteiger partial charge in [0.1, 0.15) is 0 Å². The second-order valence-electron chi connectivity index (χ2n) is 6.72. The number of piperidine rings is 1. The van der Waals surface area contributed by atoms with E-state index in [1.165, 1.54) is 19.3 Å². The largest absolute Gasteiger partial charge is 0.392 e. The monoisotopic (exact) mass is 283 g/mol. The number of rotatable bonds is 4. The quantitative estimate of drug-likeness (QED) is 0.854. The number of nitrogens with zero attached hydrogens (tertiary/aromatic N) is 1. The van der Waals surface area contributed by atoms with E-state index in [1.807, 2.05) is 6.92 Å². The van der Waals surface area contributed by atoms with E-state index in [-0.39, 0.29) is 17.6 Å². The summed E-state index contributed by atoms with van der Waals surface area (Å²) in [6.45, 7) is 6.99. The zero-order valence-corrected chi connectivity index (χ0v) is 12.7. The standard InChI is InChI=1S/C16H29NO3/c1-2-19-15-11-14(18)16(15)6-8-17(9-7-16)12-13-5-3-4-10-20-13/h13-15,18H,2-12H2,1H3. The molecule has 1 aliphatic carbocycles. The average Bonchev–Trinajstić information content (AvgIpc) is 2.49. The predicted octanol–water partition coefficient (Wildman–Crippen LogP) is 1.81. The van der Waals surface area contributed by atoms with Gasteiger partial charge in [0, 0.05) is 31.6 Å². The molecule has 3 rings (SSSR count). The molecule has 1 saturated carbocycles. The summed E-state index contributed by atoms with van der Waals surface area (Å²) in [5, 5.41) is 10.2. The second-order valence-corrected chi connectivity index (χ2v) is 6.72. The molecular weight excluding hydrogens is 254 g/mol. The molecule has 0 amide bonds. The van der Waals surface area contributed by atoms with Crippen LogP contribution in [0.1, 0.15) is 45.4 Å². The SMILES string of the molecule is CCOC1CC(O)C12CCN(CC1CCCCO1)CC2. The first-order chi connectivity index (χ1) is 9.74. The van der Waals surface area contributed by atoms with Gasteiger partial charge in [-0.3, -0.25) is 0 Å². The van der Waals surface area contributed by atoms with E-state index < -0.39 is 0 Å². The Hall–Kier alpha value is -0.160. The summed E-state index contributed by atoms with van der Waals surface area (Å²) < 4.78 is 11.7. The molecule has 0 aromatic carbocycles. The Morgan fingerprint density at radius 2 is 2.10 bits per heavy atom. The van der Waals surface area contributed by atoms with Gasteiger partial charge in [0.15, 0.2) is 0 Å². The van der Waals surface area contributed by atoms with Crippen molar-refractivity contribution in [2.75, 3.05) is 32.8 Å². The van der Waals surface area contributed by atoms with Crippen molar-refractivity contribution in [1.82, 2.24) is 4.90 Å². The van der Waals surface area contributed by atoms with Crippen molar-refractivity contribution < 1.29 is 14.6 Å². The van der Waals surface area contributed by atoms with Crippen LogP contribution in [0.3, 0.4) is 0 Å². The summed E-state index contributed by atoms with van der Waals surface area (Å²) in [7, 11) is 0. The predicted molar refractivity (Wildman–Crippen MR) is 77.7 cm³/mol. The summed E-state index contributed by atoms with van der Waals surface area (Å²) in [5.41, 5.74) is 0.0555. The number of ether oxygens (including phenoxy) is 2. The molecule has 3 atom stereocenters. The highest BCUT2D eigenvalue weighted by Crippen LogP contribution is 2.50. The van der Waals surface area contributed by atoms with Gasteiger partial charge in [-0.25, -0.2) is 0 Å². The van der Waals surface area contributed by atoms with Gasteiger partial charge in [-0.05, 0) is 52.1 Å². The van der Waals surface area contributed by atoms with Crippen molar-refractivity contribution in [2.24, 2.45) is 5.41 Å². The molecule has 4 nitrogen and oxygen atoms in total. The molecule has 3 aliphatic rings. The number of hydrogen-bond acceptors (Lipinski definition) is 4. The van der Waals surface area contributed by atoms with Gasteiger partial charge in [-0.2, -0.15) is 0 Å². The van der Waals surface area contributed by atoms with Gasteiger partial charge in [-0.1, -0.05) is 0 Å². The Balaban J connectivity index is 1.48. The fraction of sp³-hybridized carbons (Fsp3) is 1.00. The summed E-state index contributed by atoms with van der Waals surface area (Å²) >= 11 is 0. The molecule has 2 aliphatic heterocycles. The topological polar surface area (TPSA) is 41.9 Å². The van der Waals surface area contributed by atoms with Crippen molar-refractivity contribution in [3.8, 4) is 0 Å². The molecular formula is C16H29NO3. The van der Waals surface area contributed by atoms with Crippen molar-refractivity contribution in [3.63, 3.8) is 0 Å². The Morgan fingerprint density at radius 1 is 1.30 bits per heavy atom. The van der Waals surface area contributed by atoms with E-state index in [1.54, 1.807) is 0 Å². The smallest absolute Gasteiger partial charge is 0.0702 e. The molecule has 0 aromatic heterocycles. The van der Waals surface area contributed by atoms with E-state index in [0.29, 0.717) is 6.10 Å². The fourth-order valence-electron chi connectivity index (χ4n) is 4.21. The van der Waals surface area contributed by atoms with Crippen LogP contribution in [0.4, 0.5) is 0 Å². The Kier molecular flexibility index (Phi) is 4.65. The molecule has 0 aromatic rings. The summed E-state index contributed by atoms with van der Waals surface area (Å²) in [4.78, 5) is 2.52. The lowest BCUT2D eigenvalue weighted by molar-refractivity contribution is -0.210. The van der Waals surface area contributed by atoms with Gasteiger partial charge < -0.3 is 19.5 Å². The van der Waals surface area contributed by atoms with Crippen LogP contribution in [-0.4, -0.2) is 61.2 Å². The Labute approximate surface area is 122 Å². The summed E-state index contributed by atoms with van der Waals surface area (Å²) in [6.07, 6.45) is 7.31. The lowest BCUT2D eigenvalue weighted by Crippen LogP contribution is -2.62. The van der Waals surface area contributed by atoms with Crippen molar-refractivity contribution in [2.45, 2.75) is 63.8 Å². The third kappa shape index (κ3) is 2.76. The molecule has 0 radical (unpaired) electrons. The molecule has 1 spiro atoms. The summed E-state index contributed by atoms with van der Waals surface area (Å²) in [6, 6.07) is 0. The van der Waals surface area contributed by atoms with Crippen LogP contribution in [0, 0.1) is 5.41 Å². The zero-order valence-electron chi connectivity index (χ0n) is 12.7. The van der Waals surface area contributed by atoms with Crippen molar-refractivity contribution >= 4 is 0 Å². The third-order valence-corrected chi connectivity index (χ3v) is 5.63. The minimum atomic E-state index is -0.146. The van der Waals surface area contributed by atoms with E-state index in [9.17, 15) is 5.11 Å². The lowest BCUT2D eigenvalue weighted by Gasteiger charge is -2.56. The maximum absolute atomic E-state index is 10.2. The average molecular weight is 283 g/mol. The van der Waals surface area contributed by atoms with E-state index in [4.69, 9.17) is 9.47 Å². The summed E-state index contributed by atoms with van der Waals surface area (Å²) in [5.74, 6) is 0. The molecule has 20 heavy (non-hydrogen) atoms. The van der Waals surface area contributed by atoms with Gasteiger partial charge in [0.25, 0.3) is 0 Å². The molecule has 2 saturated heterocycles. The van der Waals surface area contributed by atoms with Crippen LogP contribution < -0.4 is 0 Å². The van der Waals surface area contributed by atoms with Crippen molar-refractivity contribution in [3.05, 3.63) is 0 Å². The van der Waals surface area contributed by atoms with Crippen LogP contribution in [0.15, 0.2) is 0 Å². The van der Waals surface area contributed by atoms with Gasteiger partial charge in [0.2, 0.25) is 0 Å². The van der Waals surface area contributed by atoms with Crippen LogP contribution in [-0.2, 0) is 9.47 Å². The van der Waals surface area contributed by atoms with Gasteiger partial charge in [-0.15, -0.1) is 0 Å². The van der Waals surface area contributed by atoms with E-state index >= 15 is 0 Å². The first-order valence-electron chi connectivity index (χ1n) is 8.38. The van der Waals surface area contributed by atoms with E-state index in [0.717, 1.165) is 52.1 Å². The number of aliphatic hydroxyl groups is 1. The van der Waals surface area contributed by atoms with Gasteiger partial charge in [0.05, 0.1) is 18.3 Å². The molecule has 2 heterocycles. The van der Waals surface area contributed by atoms with E-state index in [2.05, 4.69) is 4.90 Å². The van der Waals surface area contributed by atoms with Crippen LogP contribution in [0.2, 0.25) is 0 Å². The molecule has 3 fully saturated rings. The normalized spacial score (nSPS) is 37.8. The third-order valence-electron chi connectivity index (χ3n) is 5.63. The van der Waals surface area contributed by atoms with Crippen LogP contribution in [0.5, 0.6) is 0 Å². The molecule has 1 N–H and O–H groups in total. The molecule has 3 unspecified atom stereocenters. The van der Waals surface area contributed by atoms with Gasteiger partial charge >= 0.3 is 0 Å².